The fraction of sp³-hybridized carbons (Fsp3) is 0.500. The molecule has 6 heteroatoms. The summed E-state index contributed by atoms with van der Waals surface area (Å²) in [6.45, 7) is 3.56. The lowest BCUT2D eigenvalue weighted by Gasteiger charge is -2.25. The number of carbonyl (C=O) groups is 2. The Hall–Kier alpha value is -2.11. The third-order valence-corrected chi connectivity index (χ3v) is 3.54. The van der Waals surface area contributed by atoms with E-state index in [0.717, 1.165) is 0 Å². The first kappa shape index (κ1) is 15.9. The minimum Gasteiger partial charge on any atom is -0.481 e. The highest BCUT2D eigenvalue weighted by Gasteiger charge is 2.37. The average Bonchev–Trinajstić information content (AvgIpc) is 2.45. The number of carboxylic acids is 1. The van der Waals surface area contributed by atoms with Crippen molar-refractivity contribution >= 4 is 17.6 Å². The molecule has 2 N–H and O–H groups in total. The molecule has 0 radical (unpaired) electrons. The molecule has 0 atom stereocenters. The molecule has 0 unspecified atom stereocenters. The van der Waals surface area contributed by atoms with Gasteiger partial charge in [-0.15, -0.1) is 0 Å². The van der Waals surface area contributed by atoms with E-state index in [0.29, 0.717) is 24.4 Å². The summed E-state index contributed by atoms with van der Waals surface area (Å²) in [7, 11) is 1.50. The zero-order chi connectivity index (χ0) is 15.2. The molecule has 0 saturated heterocycles. The zero-order valence-corrected chi connectivity index (χ0v) is 12.0. The van der Waals surface area contributed by atoms with E-state index in [1.165, 1.54) is 13.3 Å². The molecule has 20 heavy (non-hydrogen) atoms. The molecular formula is C14H20N2O4. The summed E-state index contributed by atoms with van der Waals surface area (Å²) < 4.78 is 4.92. The van der Waals surface area contributed by atoms with Gasteiger partial charge in [-0.1, -0.05) is 13.8 Å². The number of hydrogen-bond acceptors (Lipinski definition) is 4. The van der Waals surface area contributed by atoms with E-state index in [4.69, 9.17) is 4.74 Å². The fourth-order valence-corrected chi connectivity index (χ4v) is 1.97. The Morgan fingerprint density at radius 1 is 1.35 bits per heavy atom. The molecule has 1 rings (SSSR count). The van der Waals surface area contributed by atoms with Gasteiger partial charge in [0, 0.05) is 12.5 Å². The van der Waals surface area contributed by atoms with E-state index in [-0.39, 0.29) is 12.3 Å². The lowest BCUT2D eigenvalue weighted by Crippen LogP contribution is -2.34. The van der Waals surface area contributed by atoms with Crippen molar-refractivity contribution in [3.63, 3.8) is 0 Å². The Kier molecular flexibility index (Phi) is 5.49. The molecule has 0 bridgehead atoms. The van der Waals surface area contributed by atoms with Gasteiger partial charge in [-0.2, -0.15) is 0 Å². The number of carboxylic acid groups (broad SMARTS) is 1. The van der Waals surface area contributed by atoms with Gasteiger partial charge in [0.1, 0.15) is 0 Å². The number of anilines is 1. The van der Waals surface area contributed by atoms with Crippen molar-refractivity contribution in [2.75, 3.05) is 12.4 Å². The minimum atomic E-state index is -1.01. The van der Waals surface area contributed by atoms with Crippen molar-refractivity contribution in [2.24, 2.45) is 5.41 Å². The number of aliphatic carboxylic acids is 1. The van der Waals surface area contributed by atoms with E-state index in [1.54, 1.807) is 26.0 Å². The number of methoxy groups -OCH3 is 1. The number of nitrogens with zero attached hydrogens (tertiary/aromatic N) is 1. The lowest BCUT2D eigenvalue weighted by molar-refractivity contribution is -0.151. The quantitative estimate of drug-likeness (QED) is 0.800. The Morgan fingerprint density at radius 3 is 2.40 bits per heavy atom. The molecule has 0 aliphatic heterocycles. The van der Waals surface area contributed by atoms with E-state index in [2.05, 4.69) is 10.3 Å². The molecule has 0 aromatic carbocycles. The number of amides is 1. The van der Waals surface area contributed by atoms with Crippen LogP contribution < -0.4 is 10.1 Å². The maximum absolute atomic E-state index is 12.0. The van der Waals surface area contributed by atoms with Crippen LogP contribution in [0.1, 0.15) is 33.1 Å². The Labute approximate surface area is 118 Å². The fourth-order valence-electron chi connectivity index (χ4n) is 1.97. The van der Waals surface area contributed by atoms with Crippen LogP contribution in [0.2, 0.25) is 0 Å². The second-order valence-electron chi connectivity index (χ2n) is 4.61. The molecule has 0 aliphatic carbocycles. The van der Waals surface area contributed by atoms with Crippen LogP contribution in [0, 0.1) is 5.41 Å². The van der Waals surface area contributed by atoms with Crippen molar-refractivity contribution in [2.45, 2.75) is 33.1 Å². The van der Waals surface area contributed by atoms with Crippen LogP contribution in [0.3, 0.4) is 0 Å². The number of ether oxygens (including phenoxy) is 1. The Bertz CT molecular complexity index is 467. The monoisotopic (exact) mass is 280 g/mol. The second kappa shape index (κ2) is 6.88. The van der Waals surface area contributed by atoms with Gasteiger partial charge in [0.05, 0.1) is 24.4 Å². The molecule has 1 amide bonds. The third-order valence-electron chi connectivity index (χ3n) is 3.54. The minimum absolute atomic E-state index is 0.0542. The molecular weight excluding hydrogens is 260 g/mol. The average molecular weight is 280 g/mol. The van der Waals surface area contributed by atoms with E-state index in [9.17, 15) is 14.7 Å². The van der Waals surface area contributed by atoms with E-state index in [1.807, 2.05) is 0 Å². The molecule has 0 spiro atoms. The van der Waals surface area contributed by atoms with Crippen LogP contribution in [0.25, 0.3) is 0 Å². The van der Waals surface area contributed by atoms with Gasteiger partial charge >= 0.3 is 5.97 Å². The normalized spacial score (nSPS) is 10.9. The second-order valence-corrected chi connectivity index (χ2v) is 4.61. The van der Waals surface area contributed by atoms with Gasteiger partial charge in [0.2, 0.25) is 11.8 Å². The van der Waals surface area contributed by atoms with Gasteiger partial charge in [-0.05, 0) is 18.9 Å². The van der Waals surface area contributed by atoms with Crippen LogP contribution >= 0.6 is 0 Å². The first-order chi connectivity index (χ1) is 9.47. The van der Waals surface area contributed by atoms with Crippen molar-refractivity contribution in [3.8, 4) is 5.88 Å². The topological polar surface area (TPSA) is 88.5 Å². The summed E-state index contributed by atoms with van der Waals surface area (Å²) in [5, 5.41) is 11.9. The number of hydrogen-bond donors (Lipinski definition) is 2. The molecule has 0 fully saturated rings. The smallest absolute Gasteiger partial charge is 0.310 e. The molecule has 1 aromatic heterocycles. The Morgan fingerprint density at radius 2 is 2.00 bits per heavy atom. The SMILES string of the molecule is CCC(CC)(CC(=O)Nc1ccc(OC)nc1)C(=O)O. The summed E-state index contributed by atoms with van der Waals surface area (Å²) in [6.07, 6.45) is 2.23. The van der Waals surface area contributed by atoms with Crippen LogP contribution in [0.15, 0.2) is 18.3 Å². The predicted octanol–water partition coefficient (Wildman–Crippen LogP) is 2.31. The van der Waals surface area contributed by atoms with Gasteiger partial charge in [-0.3, -0.25) is 9.59 Å². The molecule has 1 aromatic rings. The summed E-state index contributed by atoms with van der Waals surface area (Å²) >= 11 is 0. The van der Waals surface area contributed by atoms with Crippen LogP contribution in [0.5, 0.6) is 5.88 Å². The lowest BCUT2D eigenvalue weighted by atomic mass is 9.79. The molecule has 1 heterocycles. The molecule has 0 aliphatic rings. The highest BCUT2D eigenvalue weighted by molar-refractivity contribution is 5.94. The number of pyridine rings is 1. The summed E-state index contributed by atoms with van der Waals surface area (Å²) in [6, 6.07) is 3.28. The standard InChI is InChI=1S/C14H20N2O4/c1-4-14(5-2,13(18)19)8-11(17)16-10-6-7-12(20-3)15-9-10/h6-7,9H,4-5,8H2,1-3H3,(H,16,17)(H,18,19). The van der Waals surface area contributed by atoms with Crippen molar-refractivity contribution in [3.05, 3.63) is 18.3 Å². The highest BCUT2D eigenvalue weighted by Crippen LogP contribution is 2.31. The predicted molar refractivity (Wildman–Crippen MR) is 74.7 cm³/mol. The highest BCUT2D eigenvalue weighted by atomic mass is 16.5. The van der Waals surface area contributed by atoms with E-state index < -0.39 is 11.4 Å². The maximum atomic E-state index is 12.0. The Balaban J connectivity index is 2.72. The van der Waals surface area contributed by atoms with Crippen molar-refractivity contribution < 1.29 is 19.4 Å². The number of carbonyl (C=O) groups excluding carboxylic acids is 1. The van der Waals surface area contributed by atoms with Crippen molar-refractivity contribution in [1.82, 2.24) is 4.98 Å². The van der Waals surface area contributed by atoms with E-state index >= 15 is 0 Å². The van der Waals surface area contributed by atoms with Gasteiger partial charge < -0.3 is 15.2 Å². The zero-order valence-electron chi connectivity index (χ0n) is 12.0. The first-order valence-corrected chi connectivity index (χ1v) is 6.50. The molecule has 0 saturated carbocycles. The van der Waals surface area contributed by atoms with Crippen LogP contribution in [-0.4, -0.2) is 29.1 Å². The maximum Gasteiger partial charge on any atom is 0.310 e. The number of aromatic nitrogens is 1. The third kappa shape index (κ3) is 3.69. The van der Waals surface area contributed by atoms with Gasteiger partial charge in [-0.25, -0.2) is 4.98 Å². The summed E-state index contributed by atoms with van der Waals surface area (Å²) in [5.41, 5.74) is -0.494. The molecule has 110 valence electrons. The summed E-state index contributed by atoms with van der Waals surface area (Å²) in [4.78, 5) is 27.3. The largest absolute Gasteiger partial charge is 0.481 e. The van der Waals surface area contributed by atoms with Crippen molar-refractivity contribution in [1.29, 1.82) is 0 Å². The van der Waals surface area contributed by atoms with Gasteiger partial charge in [0.15, 0.2) is 0 Å². The van der Waals surface area contributed by atoms with Gasteiger partial charge in [0.25, 0.3) is 0 Å². The number of rotatable bonds is 7. The molecule has 6 nitrogen and oxygen atoms in total. The first-order valence-electron chi connectivity index (χ1n) is 6.50. The number of nitrogens with one attached hydrogen (secondary N) is 1. The van der Waals surface area contributed by atoms with Crippen LogP contribution in [-0.2, 0) is 9.59 Å². The summed E-state index contributed by atoms with van der Waals surface area (Å²) in [5.74, 6) is -0.821. The van der Waals surface area contributed by atoms with Crippen LogP contribution in [0.4, 0.5) is 5.69 Å².